The van der Waals surface area contributed by atoms with E-state index < -0.39 is 85.1 Å². The summed E-state index contributed by atoms with van der Waals surface area (Å²) in [6.45, 7) is 20.4. The van der Waals surface area contributed by atoms with Crippen molar-refractivity contribution in [3.05, 3.63) is 89.5 Å². The molecule has 0 aliphatic carbocycles. The first-order chi connectivity index (χ1) is 25.3. The number of hydrogen-bond donors (Lipinski definition) is 9. The zero-order valence-corrected chi connectivity index (χ0v) is 38.0. The lowest BCUT2D eigenvalue weighted by atomic mass is 10.2. The fraction of sp³-hybridized carbons (Fsp3) is 0.538. The molecule has 0 saturated carbocycles. The van der Waals surface area contributed by atoms with Gasteiger partial charge in [0, 0.05) is 62.9 Å². The van der Waals surface area contributed by atoms with Crippen molar-refractivity contribution in [2.45, 2.75) is 148 Å². The maximum Gasteiger partial charge on any atom is 0.480 e. The third-order valence-electron chi connectivity index (χ3n) is 14.2. The van der Waals surface area contributed by atoms with E-state index in [1.165, 1.54) is 0 Å². The van der Waals surface area contributed by atoms with Crippen LogP contribution >= 0.6 is 34.9 Å². The summed E-state index contributed by atoms with van der Waals surface area (Å²) in [5, 5.41) is -4.69. The Morgan fingerprint density at radius 1 is 0.429 bits per heavy atom. The molecule has 0 radical (unpaired) electrons. The highest BCUT2D eigenvalue weighted by Crippen LogP contribution is 2.97. The van der Waals surface area contributed by atoms with Gasteiger partial charge in [-0.3, -0.25) is 13.6 Å². The number of nitrogens with one attached hydrogen (secondary N) is 3. The van der Waals surface area contributed by atoms with Gasteiger partial charge in [-0.1, -0.05) is 54.6 Å². The van der Waals surface area contributed by atoms with Crippen LogP contribution in [0.25, 0.3) is 0 Å². The van der Waals surface area contributed by atoms with Crippen LogP contribution in [0.4, 0.5) is 0 Å². The van der Waals surface area contributed by atoms with Crippen molar-refractivity contribution in [2.75, 3.05) is 0 Å². The summed E-state index contributed by atoms with van der Waals surface area (Å²) in [4.78, 5) is 0.597. The van der Waals surface area contributed by atoms with Gasteiger partial charge in [0.25, 0.3) is 0 Å². The van der Waals surface area contributed by atoms with E-state index in [9.17, 15) is 27.3 Å². The lowest BCUT2D eigenvalue weighted by Gasteiger charge is -2.82. The number of hydrogen-bond acceptors (Lipinski definition) is 13. The molecule has 0 unspecified atom stereocenters. The third kappa shape index (κ3) is 4.84. The lowest BCUT2D eigenvalue weighted by Crippen LogP contribution is -2.57. The van der Waals surface area contributed by atoms with Crippen LogP contribution < -0.4 is 14.2 Å². The number of fused-ring (bicyclic) bond motifs is 3. The minimum Gasteiger partial charge on any atom is -0.311 e. The molecule has 0 saturated heterocycles. The smallest absolute Gasteiger partial charge is 0.311 e. The van der Waals surface area contributed by atoms with Gasteiger partial charge in [-0.05, 0) is 101 Å². The number of phosphoric acid groups is 1. The van der Waals surface area contributed by atoms with Gasteiger partial charge in [0.15, 0.2) is 18.7 Å². The highest BCUT2D eigenvalue weighted by Gasteiger charge is 2.68. The Kier molecular flexibility index (Phi) is 9.15. The molecule has 0 amide bonds. The molecule has 0 fully saturated rings. The second-order valence-corrected chi connectivity index (χ2v) is 36.6. The zero-order chi connectivity index (χ0) is 42.1. The van der Waals surface area contributed by atoms with Gasteiger partial charge in [0.1, 0.15) is 0 Å². The fourth-order valence-electron chi connectivity index (χ4n) is 9.38. The van der Waals surface area contributed by atoms with Crippen LogP contribution in [0.2, 0.25) is 0 Å². The predicted molar refractivity (Wildman–Crippen MR) is 232 cm³/mol. The Morgan fingerprint density at radius 3 is 0.821 bits per heavy atom. The first-order valence-electron chi connectivity index (χ1n) is 19.3. The molecule has 13 nitrogen and oxygen atoms in total. The van der Waals surface area contributed by atoms with Crippen molar-refractivity contribution < 1.29 is 45.5 Å². The summed E-state index contributed by atoms with van der Waals surface area (Å²) in [7, 11) is -21.7. The third-order valence-corrected chi connectivity index (χ3v) is 36.5. The van der Waals surface area contributed by atoms with E-state index in [1.54, 1.807) is 156 Å². The molecular formula is C39H66N3O10PS3. The molecule has 3 aromatic carbocycles. The van der Waals surface area contributed by atoms with Crippen molar-refractivity contribution in [1.82, 2.24) is 14.2 Å². The molecule has 9 N–H and O–H groups in total. The van der Waals surface area contributed by atoms with Crippen LogP contribution in [0.1, 0.15) is 118 Å². The molecular weight excluding hydrogens is 798 g/mol. The monoisotopic (exact) mass is 863 g/mol. The molecule has 3 aliphatic heterocycles. The average molecular weight is 864 g/mol. The Labute approximate surface area is 330 Å². The summed E-state index contributed by atoms with van der Waals surface area (Å²) in [5.41, 5.74) is 0.879. The van der Waals surface area contributed by atoms with Gasteiger partial charge in [-0.15, -0.1) is 0 Å². The zero-order valence-electron chi connectivity index (χ0n) is 34.6. The molecule has 0 bridgehead atoms. The first-order valence-corrected chi connectivity index (χ1v) is 28.2. The maximum atomic E-state index is 16.0. The van der Waals surface area contributed by atoms with Crippen LogP contribution in [-0.2, 0) is 18.1 Å². The Bertz CT molecular complexity index is 1930. The molecule has 56 heavy (non-hydrogen) atoms. The molecule has 0 spiro atoms. The number of benzene rings is 3. The molecule has 17 heteroatoms. The van der Waals surface area contributed by atoms with E-state index in [0.717, 1.165) is 0 Å². The molecule has 6 rings (SSSR count). The molecule has 320 valence electrons. The standard InChI is InChI=1S/C39H66N3O10PS3/c1-25(2)54(44,45,26(3)4)34-22-16-13-19-31(34)37(40-54)50-53(43,51-38-32-20-14-17-23-35(32)55(46,47,41-38,27(5)6)28(7)8)52-39-33-21-15-18-24-36(33)56(48,49,42-39,29(9)10)30(11)12/h13-30,37-42,44-49H,1-12H3/t37-,38-,39-/m0/s1. The summed E-state index contributed by atoms with van der Waals surface area (Å²) in [6, 6.07) is 20.0. The van der Waals surface area contributed by atoms with Crippen molar-refractivity contribution in [3.8, 4) is 0 Å². The predicted octanol–water partition coefficient (Wildman–Crippen LogP) is 11.8. The molecule has 0 aromatic heterocycles. The molecule has 3 aromatic rings. The Hall–Kier alpha value is -1.54. The average Bonchev–Trinajstić information content (AvgIpc) is 3.58. The van der Waals surface area contributed by atoms with E-state index in [1.807, 2.05) is 0 Å². The van der Waals surface area contributed by atoms with Gasteiger partial charge in [0.2, 0.25) is 0 Å². The minimum atomic E-state index is -5.50. The summed E-state index contributed by atoms with van der Waals surface area (Å²) < 4.78 is 123. The van der Waals surface area contributed by atoms with Crippen LogP contribution in [0, 0.1) is 0 Å². The van der Waals surface area contributed by atoms with Gasteiger partial charge >= 0.3 is 7.82 Å². The second kappa shape index (κ2) is 11.6. The van der Waals surface area contributed by atoms with Gasteiger partial charge in [0.05, 0.1) is 0 Å². The quantitative estimate of drug-likeness (QED) is 0.0779. The van der Waals surface area contributed by atoms with Gasteiger partial charge < -0.3 is 27.3 Å². The van der Waals surface area contributed by atoms with Crippen molar-refractivity contribution >= 4 is 34.9 Å². The SMILES string of the molecule is CC(C)S1(O)(O)(C(C)C)N[C@@H](OP(=O)(O[C@@H]2NS(O)(O)(C(C)C)(C(C)C)c3ccccc32)O[C@@H]2NS(O)(O)(C(C)C)(C(C)C)c3ccccc32)c2ccccc21. The fourth-order valence-corrected chi connectivity index (χ4v) is 25.1. The van der Waals surface area contributed by atoms with Crippen LogP contribution in [0.15, 0.2) is 87.5 Å². The van der Waals surface area contributed by atoms with Crippen molar-refractivity contribution in [1.29, 1.82) is 0 Å². The highest BCUT2D eigenvalue weighted by atomic mass is 32.4. The normalized spacial score (nSPS) is 32.4. The van der Waals surface area contributed by atoms with E-state index in [0.29, 0.717) is 16.7 Å². The maximum absolute atomic E-state index is 16.0. The largest absolute Gasteiger partial charge is 0.480 e. The summed E-state index contributed by atoms with van der Waals surface area (Å²) in [6.07, 6.45) is -4.47. The summed E-state index contributed by atoms with van der Waals surface area (Å²) >= 11 is 0. The molecule has 3 heterocycles. The van der Waals surface area contributed by atoms with E-state index in [2.05, 4.69) is 14.2 Å². The van der Waals surface area contributed by atoms with Gasteiger partial charge in [-0.25, -0.2) is 45.9 Å². The topological polar surface area (TPSA) is 202 Å². The van der Waals surface area contributed by atoms with Crippen LogP contribution in [0.3, 0.4) is 0 Å². The van der Waals surface area contributed by atoms with Crippen LogP contribution in [-0.4, -0.2) is 58.8 Å². The molecule has 3 atom stereocenters. The van der Waals surface area contributed by atoms with Crippen molar-refractivity contribution in [3.63, 3.8) is 0 Å². The Morgan fingerprint density at radius 2 is 0.625 bits per heavy atom. The molecule has 3 aliphatic rings. The first kappa shape index (κ1) is 44.0. The van der Waals surface area contributed by atoms with E-state index in [-0.39, 0.29) is 14.7 Å². The lowest BCUT2D eigenvalue weighted by molar-refractivity contribution is 0.0208. The second-order valence-electron chi connectivity index (χ2n) is 17.9. The minimum absolute atomic E-state index is 0.199. The summed E-state index contributed by atoms with van der Waals surface area (Å²) in [5.74, 6) is 0. The number of rotatable bonds is 12. The Balaban J connectivity index is 1.57. The van der Waals surface area contributed by atoms with E-state index >= 15 is 4.57 Å². The highest BCUT2D eigenvalue weighted by molar-refractivity contribution is 8.56. The van der Waals surface area contributed by atoms with Crippen LogP contribution in [0.5, 0.6) is 0 Å². The number of phosphoric ester groups is 1. The van der Waals surface area contributed by atoms with E-state index in [4.69, 9.17) is 13.6 Å². The van der Waals surface area contributed by atoms with Crippen molar-refractivity contribution in [2.24, 2.45) is 0 Å². The van der Waals surface area contributed by atoms with Gasteiger partial charge in [-0.2, -0.15) is 0 Å².